The van der Waals surface area contributed by atoms with Crippen molar-refractivity contribution in [2.45, 2.75) is 70.6 Å². The molecule has 0 aromatic rings. The molecule has 0 aromatic carbocycles. The van der Waals surface area contributed by atoms with E-state index in [1.807, 2.05) is 25.7 Å². The van der Waals surface area contributed by atoms with Gasteiger partial charge in [-0.1, -0.05) is 0 Å². The van der Waals surface area contributed by atoms with Crippen molar-refractivity contribution >= 4 is 5.91 Å². The van der Waals surface area contributed by atoms with Gasteiger partial charge in [0.15, 0.2) is 0 Å². The highest BCUT2D eigenvalue weighted by molar-refractivity contribution is 5.81. The van der Waals surface area contributed by atoms with Crippen LogP contribution in [0, 0.1) is 0 Å². The minimum atomic E-state index is -0.0484. The van der Waals surface area contributed by atoms with Gasteiger partial charge in [-0.2, -0.15) is 0 Å². The number of nitrogens with one attached hydrogen (secondary N) is 1. The third kappa shape index (κ3) is 3.11. The highest BCUT2D eigenvalue weighted by Gasteiger charge is 2.39. The fourth-order valence-corrected chi connectivity index (χ4v) is 3.78. The quantitative estimate of drug-likeness (QED) is 0.819. The van der Waals surface area contributed by atoms with Gasteiger partial charge in [0.05, 0.1) is 6.04 Å². The molecule has 0 saturated carbocycles. The molecule has 0 spiro atoms. The van der Waals surface area contributed by atoms with Gasteiger partial charge >= 0.3 is 0 Å². The number of carbonyl (C=O) groups excluding carboxylic acids is 1. The van der Waals surface area contributed by atoms with Crippen molar-refractivity contribution < 1.29 is 4.79 Å². The van der Waals surface area contributed by atoms with Crippen LogP contribution in [-0.2, 0) is 4.79 Å². The number of carbonyl (C=O) groups is 1. The molecule has 19 heavy (non-hydrogen) atoms. The Kier molecular flexibility index (Phi) is 4.85. The van der Waals surface area contributed by atoms with Gasteiger partial charge < -0.3 is 15.1 Å². The van der Waals surface area contributed by atoms with E-state index in [0.29, 0.717) is 6.04 Å². The molecule has 0 radical (unpaired) electrons. The van der Waals surface area contributed by atoms with Crippen LogP contribution in [0.3, 0.4) is 0 Å². The van der Waals surface area contributed by atoms with Crippen LogP contribution in [0.25, 0.3) is 0 Å². The first-order valence-electron chi connectivity index (χ1n) is 7.83. The summed E-state index contributed by atoms with van der Waals surface area (Å²) in [5, 5.41) is 3.57. The van der Waals surface area contributed by atoms with Crippen LogP contribution in [-0.4, -0.2) is 60.0 Å². The summed E-state index contributed by atoms with van der Waals surface area (Å²) in [4.78, 5) is 16.7. The number of amides is 1. The average Bonchev–Trinajstić information content (AvgIpc) is 2.63. The molecule has 4 heteroatoms. The van der Waals surface area contributed by atoms with Crippen LogP contribution in [0.15, 0.2) is 0 Å². The Labute approximate surface area is 117 Å². The standard InChI is InChI=1S/C15H29N3O/c1-5-18(6-2)15(19)11(3)16-12-9-13-7-8-14(10-12)17(13)4/h11-14,16H,5-10H2,1-4H3. The first-order valence-corrected chi connectivity index (χ1v) is 7.83. The molecule has 2 saturated heterocycles. The molecule has 2 aliphatic rings. The maximum Gasteiger partial charge on any atom is 0.239 e. The molecule has 2 fully saturated rings. The van der Waals surface area contributed by atoms with E-state index >= 15 is 0 Å². The van der Waals surface area contributed by atoms with Crippen molar-refractivity contribution in [1.82, 2.24) is 15.1 Å². The summed E-state index contributed by atoms with van der Waals surface area (Å²) in [5.74, 6) is 0.247. The number of nitrogens with zero attached hydrogens (tertiary/aromatic N) is 2. The van der Waals surface area contributed by atoms with Gasteiger partial charge in [0.1, 0.15) is 0 Å². The first kappa shape index (κ1) is 14.8. The topological polar surface area (TPSA) is 35.6 Å². The summed E-state index contributed by atoms with van der Waals surface area (Å²) in [6.45, 7) is 7.72. The monoisotopic (exact) mass is 267 g/mol. The number of rotatable bonds is 5. The number of hydrogen-bond donors (Lipinski definition) is 1. The molecule has 0 aromatic heterocycles. The predicted octanol–water partition coefficient (Wildman–Crippen LogP) is 1.46. The lowest BCUT2D eigenvalue weighted by molar-refractivity contribution is -0.133. The summed E-state index contributed by atoms with van der Waals surface area (Å²) in [7, 11) is 2.25. The van der Waals surface area contributed by atoms with E-state index in [1.54, 1.807) is 0 Å². The first-order chi connectivity index (χ1) is 9.06. The highest BCUT2D eigenvalue weighted by atomic mass is 16.2. The Bertz CT molecular complexity index is 303. The number of piperidine rings is 1. The van der Waals surface area contributed by atoms with Gasteiger partial charge in [0.2, 0.25) is 5.91 Å². The summed E-state index contributed by atoms with van der Waals surface area (Å²) in [6.07, 6.45) is 5.06. The van der Waals surface area contributed by atoms with E-state index in [9.17, 15) is 4.79 Å². The van der Waals surface area contributed by atoms with Crippen LogP contribution in [0.5, 0.6) is 0 Å². The van der Waals surface area contributed by atoms with Crippen molar-refractivity contribution in [1.29, 1.82) is 0 Å². The largest absolute Gasteiger partial charge is 0.342 e. The predicted molar refractivity (Wildman–Crippen MR) is 78.1 cm³/mol. The number of hydrogen-bond acceptors (Lipinski definition) is 3. The molecular weight excluding hydrogens is 238 g/mol. The van der Waals surface area contributed by atoms with Crippen LogP contribution in [0.1, 0.15) is 46.5 Å². The van der Waals surface area contributed by atoms with E-state index in [4.69, 9.17) is 0 Å². The van der Waals surface area contributed by atoms with Crippen molar-refractivity contribution in [2.24, 2.45) is 0 Å². The summed E-state index contributed by atoms with van der Waals surface area (Å²) < 4.78 is 0. The smallest absolute Gasteiger partial charge is 0.239 e. The summed E-state index contributed by atoms with van der Waals surface area (Å²) in [6, 6.07) is 1.93. The second-order valence-electron chi connectivity index (χ2n) is 6.12. The van der Waals surface area contributed by atoms with Crippen LogP contribution in [0.2, 0.25) is 0 Å². The molecule has 0 aliphatic carbocycles. The van der Waals surface area contributed by atoms with Gasteiger partial charge in [0, 0.05) is 31.2 Å². The minimum absolute atomic E-state index is 0.0484. The van der Waals surface area contributed by atoms with Crippen molar-refractivity contribution in [3.63, 3.8) is 0 Å². The van der Waals surface area contributed by atoms with Crippen LogP contribution < -0.4 is 5.32 Å². The van der Waals surface area contributed by atoms with Crippen molar-refractivity contribution in [2.75, 3.05) is 20.1 Å². The van der Waals surface area contributed by atoms with E-state index in [-0.39, 0.29) is 11.9 Å². The second kappa shape index (κ2) is 6.23. The summed E-state index contributed by atoms with van der Waals surface area (Å²) >= 11 is 0. The molecule has 2 heterocycles. The minimum Gasteiger partial charge on any atom is -0.342 e. The lowest BCUT2D eigenvalue weighted by atomic mass is 9.97. The Morgan fingerprint density at radius 1 is 1.26 bits per heavy atom. The van der Waals surface area contributed by atoms with Gasteiger partial charge in [-0.15, -0.1) is 0 Å². The zero-order valence-electron chi connectivity index (χ0n) is 12.9. The molecule has 3 atom stereocenters. The lowest BCUT2D eigenvalue weighted by Crippen LogP contribution is -2.53. The van der Waals surface area contributed by atoms with Gasteiger partial charge in [-0.25, -0.2) is 0 Å². The highest BCUT2D eigenvalue weighted by Crippen LogP contribution is 2.34. The summed E-state index contributed by atoms with van der Waals surface area (Å²) in [5.41, 5.74) is 0. The second-order valence-corrected chi connectivity index (χ2v) is 6.12. The van der Waals surface area contributed by atoms with E-state index < -0.39 is 0 Å². The Morgan fingerprint density at radius 2 is 1.79 bits per heavy atom. The SMILES string of the molecule is CCN(CC)C(=O)C(C)NC1CC2CCC(C1)N2C. The fraction of sp³-hybridized carbons (Fsp3) is 0.933. The number of likely N-dealkylation sites (N-methyl/N-ethyl adjacent to an activating group) is 1. The molecule has 2 aliphatic heterocycles. The Hall–Kier alpha value is -0.610. The van der Waals surface area contributed by atoms with Crippen LogP contribution in [0.4, 0.5) is 0 Å². The zero-order chi connectivity index (χ0) is 14.0. The van der Waals surface area contributed by atoms with Crippen molar-refractivity contribution in [3.8, 4) is 0 Å². The molecule has 1 amide bonds. The molecule has 1 N–H and O–H groups in total. The fourth-order valence-electron chi connectivity index (χ4n) is 3.78. The maximum atomic E-state index is 12.3. The van der Waals surface area contributed by atoms with E-state index in [1.165, 1.54) is 25.7 Å². The molecule has 110 valence electrons. The molecule has 3 unspecified atom stereocenters. The van der Waals surface area contributed by atoms with E-state index in [0.717, 1.165) is 25.2 Å². The Morgan fingerprint density at radius 3 is 2.26 bits per heavy atom. The molecule has 2 bridgehead atoms. The average molecular weight is 267 g/mol. The molecule has 2 rings (SSSR count). The maximum absolute atomic E-state index is 12.3. The third-order valence-electron chi connectivity index (χ3n) is 5.03. The molecule has 4 nitrogen and oxygen atoms in total. The van der Waals surface area contributed by atoms with Crippen molar-refractivity contribution in [3.05, 3.63) is 0 Å². The Balaban J connectivity index is 1.86. The van der Waals surface area contributed by atoms with Crippen LogP contribution >= 0.6 is 0 Å². The van der Waals surface area contributed by atoms with Gasteiger partial charge in [0.25, 0.3) is 0 Å². The third-order valence-corrected chi connectivity index (χ3v) is 5.03. The molecular formula is C15H29N3O. The van der Waals surface area contributed by atoms with Gasteiger partial charge in [-0.05, 0) is 53.5 Å². The lowest BCUT2D eigenvalue weighted by Gasteiger charge is -2.38. The number of fused-ring (bicyclic) bond motifs is 2. The van der Waals surface area contributed by atoms with Gasteiger partial charge in [-0.3, -0.25) is 4.79 Å². The normalized spacial score (nSPS) is 32.3. The van der Waals surface area contributed by atoms with E-state index in [2.05, 4.69) is 17.3 Å². The zero-order valence-corrected chi connectivity index (χ0v) is 12.9.